The number of allylic oxidation sites excluding steroid dienone is 1. The molecule has 0 unspecified atom stereocenters. The van der Waals surface area contributed by atoms with E-state index in [0.717, 1.165) is 11.3 Å². The van der Waals surface area contributed by atoms with Crippen LogP contribution in [0.15, 0.2) is 36.4 Å². The number of carbonyl (C=O) groups is 1. The second-order valence-corrected chi connectivity index (χ2v) is 5.01. The van der Waals surface area contributed by atoms with Gasteiger partial charge >= 0.3 is 0 Å². The summed E-state index contributed by atoms with van der Waals surface area (Å²) in [5.74, 6) is 0.674. The molecule has 0 fully saturated rings. The summed E-state index contributed by atoms with van der Waals surface area (Å²) in [5.41, 5.74) is 0.818. The van der Waals surface area contributed by atoms with Crippen molar-refractivity contribution in [2.24, 2.45) is 0 Å². The lowest BCUT2D eigenvalue weighted by Crippen LogP contribution is -2.03. The molecule has 0 saturated carbocycles. The molecule has 0 aromatic heterocycles. The fourth-order valence-corrected chi connectivity index (χ4v) is 2.35. The van der Waals surface area contributed by atoms with Crippen LogP contribution in [0.4, 0.5) is 0 Å². The molecule has 0 saturated heterocycles. The number of phenols is 1. The average molecular weight is 344 g/mol. The number of carbonyl (C=O) groups excluding carboxylic acids is 1. The molecule has 6 nitrogen and oxygen atoms in total. The van der Waals surface area contributed by atoms with Gasteiger partial charge in [-0.05, 0) is 23.8 Å². The van der Waals surface area contributed by atoms with Gasteiger partial charge in [-0.2, -0.15) is 0 Å². The predicted molar refractivity (Wildman–Crippen MR) is 94.1 cm³/mol. The predicted octanol–water partition coefficient (Wildman–Crippen LogP) is 3.32. The molecule has 0 aliphatic rings. The number of hydrogen-bond donors (Lipinski definition) is 1. The van der Waals surface area contributed by atoms with Crippen molar-refractivity contribution in [3.05, 3.63) is 47.5 Å². The van der Waals surface area contributed by atoms with E-state index in [1.165, 1.54) is 33.5 Å². The van der Waals surface area contributed by atoms with Crippen LogP contribution >= 0.6 is 0 Å². The second-order valence-electron chi connectivity index (χ2n) is 5.01. The van der Waals surface area contributed by atoms with Crippen LogP contribution in [0.3, 0.4) is 0 Å². The van der Waals surface area contributed by atoms with Crippen molar-refractivity contribution < 1.29 is 28.8 Å². The zero-order valence-electron chi connectivity index (χ0n) is 14.5. The topological polar surface area (TPSA) is 74.2 Å². The van der Waals surface area contributed by atoms with E-state index in [1.807, 2.05) is 12.1 Å². The summed E-state index contributed by atoms with van der Waals surface area (Å²) in [5, 5.41) is 10.2. The van der Waals surface area contributed by atoms with Gasteiger partial charge in [0.25, 0.3) is 0 Å². The van der Waals surface area contributed by atoms with Gasteiger partial charge < -0.3 is 24.1 Å². The molecule has 0 aliphatic heterocycles. The molecule has 0 bridgehead atoms. The fourth-order valence-electron chi connectivity index (χ4n) is 2.35. The molecule has 0 amide bonds. The number of aromatic hydroxyl groups is 1. The number of ketones is 1. The van der Waals surface area contributed by atoms with Gasteiger partial charge in [-0.15, -0.1) is 0 Å². The lowest BCUT2D eigenvalue weighted by molar-refractivity contribution is 0.104. The Balaban J connectivity index is 2.39. The van der Waals surface area contributed by atoms with E-state index in [4.69, 9.17) is 18.9 Å². The second kappa shape index (κ2) is 8.10. The quantitative estimate of drug-likeness (QED) is 0.613. The number of ether oxygens (including phenoxy) is 4. The van der Waals surface area contributed by atoms with Crippen molar-refractivity contribution in [3.8, 4) is 28.7 Å². The summed E-state index contributed by atoms with van der Waals surface area (Å²) in [6.07, 6.45) is 2.99. The van der Waals surface area contributed by atoms with Crippen LogP contribution in [-0.2, 0) is 0 Å². The van der Waals surface area contributed by atoms with Gasteiger partial charge in [-0.3, -0.25) is 4.79 Å². The SMILES string of the molecule is COc1ccc(C=CC(=O)c2c(O)cc(OC)c(OC)c2OC)cc1. The van der Waals surface area contributed by atoms with Crippen LogP contribution < -0.4 is 18.9 Å². The zero-order valence-corrected chi connectivity index (χ0v) is 14.5. The van der Waals surface area contributed by atoms with Gasteiger partial charge in [0.05, 0.1) is 28.4 Å². The minimum Gasteiger partial charge on any atom is -0.507 e. The van der Waals surface area contributed by atoms with Crippen LogP contribution in [0.25, 0.3) is 6.08 Å². The van der Waals surface area contributed by atoms with Gasteiger partial charge in [0.1, 0.15) is 17.1 Å². The van der Waals surface area contributed by atoms with Crippen molar-refractivity contribution >= 4 is 11.9 Å². The molecular weight excluding hydrogens is 324 g/mol. The third-order valence-electron chi connectivity index (χ3n) is 3.60. The summed E-state index contributed by atoms with van der Waals surface area (Å²) in [7, 11) is 5.84. The lowest BCUT2D eigenvalue weighted by atomic mass is 10.0. The maximum absolute atomic E-state index is 12.6. The van der Waals surface area contributed by atoms with Gasteiger partial charge in [0.2, 0.25) is 5.75 Å². The highest BCUT2D eigenvalue weighted by Crippen LogP contribution is 2.44. The van der Waals surface area contributed by atoms with E-state index < -0.39 is 5.78 Å². The minimum atomic E-state index is -0.425. The smallest absolute Gasteiger partial charge is 0.204 e. The first-order chi connectivity index (χ1) is 12.0. The highest BCUT2D eigenvalue weighted by atomic mass is 16.5. The van der Waals surface area contributed by atoms with Gasteiger partial charge in [-0.25, -0.2) is 0 Å². The van der Waals surface area contributed by atoms with E-state index in [1.54, 1.807) is 25.3 Å². The molecule has 1 N–H and O–H groups in total. The molecule has 132 valence electrons. The Morgan fingerprint density at radius 3 is 2.08 bits per heavy atom. The zero-order chi connectivity index (χ0) is 18.4. The molecule has 0 atom stereocenters. The number of phenolic OH excluding ortho intramolecular Hbond substituents is 1. The number of methoxy groups -OCH3 is 4. The molecule has 6 heteroatoms. The molecule has 0 radical (unpaired) electrons. The van der Waals surface area contributed by atoms with Crippen LogP contribution in [0, 0.1) is 0 Å². The summed E-state index contributed by atoms with van der Waals surface area (Å²) in [6.45, 7) is 0. The first kappa shape index (κ1) is 18.2. The molecule has 2 rings (SSSR count). The average Bonchev–Trinajstić information content (AvgIpc) is 2.65. The van der Waals surface area contributed by atoms with E-state index >= 15 is 0 Å². The van der Waals surface area contributed by atoms with Crippen molar-refractivity contribution in [3.63, 3.8) is 0 Å². The molecule has 0 aliphatic carbocycles. The normalized spacial score (nSPS) is 10.6. The largest absolute Gasteiger partial charge is 0.507 e. The van der Waals surface area contributed by atoms with Crippen LogP contribution in [0.5, 0.6) is 28.7 Å². The number of rotatable bonds is 7. The Bertz CT molecular complexity index is 777. The first-order valence-electron chi connectivity index (χ1n) is 7.44. The maximum Gasteiger partial charge on any atom is 0.204 e. The molecule has 2 aromatic rings. The molecule has 0 spiro atoms. The highest BCUT2D eigenvalue weighted by molar-refractivity contribution is 6.11. The summed E-state index contributed by atoms with van der Waals surface area (Å²) in [4.78, 5) is 12.6. The minimum absolute atomic E-state index is 0.00455. The Kier molecular flexibility index (Phi) is 5.89. The third kappa shape index (κ3) is 3.85. The molecule has 25 heavy (non-hydrogen) atoms. The maximum atomic E-state index is 12.6. The van der Waals surface area contributed by atoms with Crippen molar-refractivity contribution in [2.45, 2.75) is 0 Å². The lowest BCUT2D eigenvalue weighted by Gasteiger charge is -2.15. The van der Waals surface area contributed by atoms with E-state index in [9.17, 15) is 9.90 Å². The van der Waals surface area contributed by atoms with E-state index in [-0.39, 0.29) is 28.6 Å². The molecule has 0 heterocycles. The van der Waals surface area contributed by atoms with Crippen LogP contribution in [0.1, 0.15) is 15.9 Å². The first-order valence-corrected chi connectivity index (χ1v) is 7.44. The molecule has 2 aromatic carbocycles. The van der Waals surface area contributed by atoms with Gasteiger partial charge in [-0.1, -0.05) is 18.2 Å². The number of benzene rings is 2. The fraction of sp³-hybridized carbons (Fsp3) is 0.211. The Morgan fingerprint density at radius 1 is 0.920 bits per heavy atom. The Morgan fingerprint density at radius 2 is 1.56 bits per heavy atom. The summed E-state index contributed by atoms with van der Waals surface area (Å²) in [6, 6.07) is 8.52. The van der Waals surface area contributed by atoms with E-state index in [2.05, 4.69) is 0 Å². The standard InChI is InChI=1S/C19H20O6/c1-22-13-8-5-12(6-9-13)7-10-14(20)17-15(21)11-16(23-2)18(24-3)19(17)25-4/h5-11,21H,1-4H3. The Hall–Kier alpha value is -3.15. The van der Waals surface area contributed by atoms with Gasteiger partial charge in [0.15, 0.2) is 17.3 Å². The molecular formula is C19H20O6. The van der Waals surface area contributed by atoms with Crippen molar-refractivity contribution in [2.75, 3.05) is 28.4 Å². The van der Waals surface area contributed by atoms with E-state index in [0.29, 0.717) is 0 Å². The van der Waals surface area contributed by atoms with Crippen molar-refractivity contribution in [1.29, 1.82) is 0 Å². The van der Waals surface area contributed by atoms with Gasteiger partial charge in [0, 0.05) is 6.07 Å². The van der Waals surface area contributed by atoms with Crippen molar-refractivity contribution in [1.82, 2.24) is 0 Å². The van der Waals surface area contributed by atoms with Crippen LogP contribution in [0.2, 0.25) is 0 Å². The van der Waals surface area contributed by atoms with Crippen LogP contribution in [-0.4, -0.2) is 39.3 Å². The monoisotopic (exact) mass is 344 g/mol. The Labute approximate surface area is 146 Å². The summed E-state index contributed by atoms with van der Waals surface area (Å²) >= 11 is 0. The third-order valence-corrected chi connectivity index (χ3v) is 3.60. The highest BCUT2D eigenvalue weighted by Gasteiger charge is 2.24. The summed E-state index contributed by atoms with van der Waals surface area (Å²) < 4.78 is 20.7. The number of hydrogen-bond acceptors (Lipinski definition) is 6.